The zero-order valence-corrected chi connectivity index (χ0v) is 32.8. The molecule has 0 fully saturated rings. The molecule has 1 aliphatic rings. The fourth-order valence-corrected chi connectivity index (χ4v) is 9.72. The minimum atomic E-state index is -0.0948. The number of para-hydroxylation sites is 1. The first-order valence-electron chi connectivity index (χ1n) is 20.7. The lowest BCUT2D eigenvalue weighted by atomic mass is 9.84. The molecular weight excluding hydrogens is 729 g/mol. The van der Waals surface area contributed by atoms with Crippen LogP contribution in [0.15, 0.2) is 223 Å². The molecule has 1 aliphatic heterocycles. The van der Waals surface area contributed by atoms with Gasteiger partial charge in [0.25, 0.3) is 0 Å². The Bertz CT molecular complexity index is 3360. The van der Waals surface area contributed by atoms with Gasteiger partial charge in [-0.15, -0.1) is 0 Å². The molecule has 2 nitrogen and oxygen atoms in total. The van der Waals surface area contributed by atoms with Crippen LogP contribution in [0.25, 0.3) is 88.0 Å². The topological polar surface area (TPSA) is 22.4 Å². The van der Waals surface area contributed by atoms with Gasteiger partial charge in [0, 0.05) is 16.3 Å². The van der Waals surface area contributed by atoms with E-state index in [4.69, 9.17) is 9.15 Å². The van der Waals surface area contributed by atoms with Crippen LogP contribution in [-0.2, 0) is 0 Å². The smallest absolute Gasteiger partial charge is 0.135 e. The summed E-state index contributed by atoms with van der Waals surface area (Å²) in [6, 6.07) is 78.8. The van der Waals surface area contributed by atoms with Crippen LogP contribution in [0, 0.1) is 0 Å². The number of hydrogen-bond donors (Lipinski definition) is 0. The van der Waals surface area contributed by atoms with Gasteiger partial charge in [0.2, 0.25) is 0 Å². The zero-order chi connectivity index (χ0) is 39.6. The highest BCUT2D eigenvalue weighted by atomic mass is 16.5. The molecule has 2 atom stereocenters. The van der Waals surface area contributed by atoms with Crippen LogP contribution < -0.4 is 4.74 Å². The largest absolute Gasteiger partial charge is 0.484 e. The standard InChI is InChI=1S/C58H38O2/c1-3-15-37(16-4-1)57-50-31-29-42(36-54(50)60-58(57)38-17-5-2-6-18-38)40-20-14-22-44(34-40)56-48-26-9-7-24-46(48)55(47-25-8-10-27-49(47)56)43-21-13-19-39(33-43)41-30-32-53-51(35-41)45-23-11-12-28-52(45)59-53/h1-36,57-58H. The number of hydrogen-bond acceptors (Lipinski definition) is 2. The Morgan fingerprint density at radius 1 is 0.300 bits per heavy atom. The van der Waals surface area contributed by atoms with Crippen molar-refractivity contribution in [2.24, 2.45) is 0 Å². The Morgan fingerprint density at radius 2 is 0.767 bits per heavy atom. The van der Waals surface area contributed by atoms with Crippen LogP contribution in [0.5, 0.6) is 5.75 Å². The molecule has 11 aromatic rings. The third-order valence-corrected chi connectivity index (χ3v) is 12.5. The van der Waals surface area contributed by atoms with Crippen molar-refractivity contribution >= 4 is 43.5 Å². The van der Waals surface area contributed by atoms with Gasteiger partial charge in [0.05, 0.1) is 5.92 Å². The van der Waals surface area contributed by atoms with Gasteiger partial charge in [-0.25, -0.2) is 0 Å². The molecule has 0 amide bonds. The third kappa shape index (κ3) is 5.64. The van der Waals surface area contributed by atoms with Gasteiger partial charge in [-0.1, -0.05) is 182 Å². The minimum absolute atomic E-state index is 0.0948. The summed E-state index contributed by atoms with van der Waals surface area (Å²) < 4.78 is 13.0. The molecule has 60 heavy (non-hydrogen) atoms. The van der Waals surface area contributed by atoms with Gasteiger partial charge >= 0.3 is 0 Å². The first kappa shape index (κ1) is 34.4. The number of fused-ring (bicyclic) bond motifs is 6. The van der Waals surface area contributed by atoms with Gasteiger partial charge in [-0.2, -0.15) is 0 Å². The Balaban J connectivity index is 0.967. The molecule has 10 aromatic carbocycles. The summed E-state index contributed by atoms with van der Waals surface area (Å²) in [5.41, 5.74) is 15.0. The van der Waals surface area contributed by atoms with E-state index >= 15 is 0 Å². The van der Waals surface area contributed by atoms with Crippen molar-refractivity contribution in [3.63, 3.8) is 0 Å². The van der Waals surface area contributed by atoms with Crippen LogP contribution >= 0.6 is 0 Å². The molecule has 12 rings (SSSR count). The molecule has 0 aliphatic carbocycles. The number of benzene rings is 10. The maximum atomic E-state index is 6.87. The van der Waals surface area contributed by atoms with Crippen molar-refractivity contribution in [3.05, 3.63) is 235 Å². The fourth-order valence-electron chi connectivity index (χ4n) is 9.72. The Kier molecular flexibility index (Phi) is 8.02. The highest BCUT2D eigenvalue weighted by Gasteiger charge is 2.36. The van der Waals surface area contributed by atoms with Crippen LogP contribution in [-0.4, -0.2) is 0 Å². The fraction of sp³-hybridized carbons (Fsp3) is 0.0345. The molecular formula is C58H38O2. The molecule has 0 spiro atoms. The molecule has 282 valence electrons. The lowest BCUT2D eigenvalue weighted by molar-refractivity contribution is 0.222. The van der Waals surface area contributed by atoms with E-state index in [1.807, 2.05) is 12.1 Å². The SMILES string of the molecule is c1ccc(C2Oc3cc(-c4cccc(-c5c6ccccc6c(-c6cccc(-c7ccc8oc9ccccc9c8c7)c6)c6ccccc56)c4)ccc3C2c2ccccc2)cc1. The Labute approximate surface area is 348 Å². The monoisotopic (exact) mass is 766 g/mol. The lowest BCUT2D eigenvalue weighted by Gasteiger charge is -2.20. The summed E-state index contributed by atoms with van der Waals surface area (Å²) in [4.78, 5) is 0. The Morgan fingerprint density at radius 3 is 1.38 bits per heavy atom. The molecule has 0 saturated heterocycles. The van der Waals surface area contributed by atoms with Gasteiger partial charge in [0.15, 0.2) is 0 Å². The average Bonchev–Trinajstić information content (AvgIpc) is 3.90. The number of rotatable bonds is 6. The van der Waals surface area contributed by atoms with Crippen molar-refractivity contribution in [2.45, 2.75) is 12.0 Å². The predicted octanol–water partition coefficient (Wildman–Crippen LogP) is 15.8. The molecule has 0 radical (unpaired) electrons. The van der Waals surface area contributed by atoms with Crippen molar-refractivity contribution in [1.29, 1.82) is 0 Å². The van der Waals surface area contributed by atoms with Gasteiger partial charge in [0.1, 0.15) is 23.0 Å². The van der Waals surface area contributed by atoms with Crippen molar-refractivity contribution in [3.8, 4) is 50.3 Å². The average molecular weight is 767 g/mol. The van der Waals surface area contributed by atoms with E-state index < -0.39 is 0 Å². The van der Waals surface area contributed by atoms with Crippen molar-refractivity contribution < 1.29 is 9.15 Å². The lowest BCUT2D eigenvalue weighted by Crippen LogP contribution is -2.11. The van der Waals surface area contributed by atoms with Crippen LogP contribution in [0.4, 0.5) is 0 Å². The highest BCUT2D eigenvalue weighted by Crippen LogP contribution is 2.51. The molecule has 1 aromatic heterocycles. The van der Waals surface area contributed by atoms with Gasteiger partial charge < -0.3 is 9.15 Å². The molecule has 2 unspecified atom stereocenters. The third-order valence-electron chi connectivity index (χ3n) is 12.5. The normalized spacial score (nSPS) is 14.8. The minimum Gasteiger partial charge on any atom is -0.484 e. The summed E-state index contributed by atoms with van der Waals surface area (Å²) >= 11 is 0. The van der Waals surface area contributed by atoms with Crippen molar-refractivity contribution in [1.82, 2.24) is 0 Å². The highest BCUT2D eigenvalue weighted by molar-refractivity contribution is 6.21. The van der Waals surface area contributed by atoms with E-state index in [9.17, 15) is 0 Å². The van der Waals surface area contributed by atoms with E-state index in [0.717, 1.165) is 38.8 Å². The van der Waals surface area contributed by atoms with E-state index in [1.165, 1.54) is 71.6 Å². The Hall–Kier alpha value is -7.68. The summed E-state index contributed by atoms with van der Waals surface area (Å²) in [6.45, 7) is 0. The van der Waals surface area contributed by atoms with Crippen LogP contribution in [0.1, 0.15) is 28.7 Å². The number of furan rings is 1. The number of ether oxygens (including phenoxy) is 1. The molecule has 0 bridgehead atoms. The summed E-state index contributed by atoms with van der Waals surface area (Å²) in [5, 5.41) is 7.20. The van der Waals surface area contributed by atoms with Gasteiger partial charge in [-0.05, 0) is 114 Å². The maximum Gasteiger partial charge on any atom is 0.135 e. The van der Waals surface area contributed by atoms with E-state index in [2.05, 4.69) is 206 Å². The van der Waals surface area contributed by atoms with E-state index in [0.29, 0.717) is 0 Å². The second kappa shape index (κ2) is 14.0. The quantitative estimate of drug-likeness (QED) is 0.157. The van der Waals surface area contributed by atoms with Crippen molar-refractivity contribution in [2.75, 3.05) is 0 Å². The van der Waals surface area contributed by atoms with Gasteiger partial charge in [-0.3, -0.25) is 0 Å². The zero-order valence-electron chi connectivity index (χ0n) is 32.8. The molecule has 2 heteroatoms. The predicted molar refractivity (Wildman–Crippen MR) is 249 cm³/mol. The summed E-state index contributed by atoms with van der Waals surface area (Å²) in [6.07, 6.45) is -0.0948. The second-order valence-electron chi connectivity index (χ2n) is 15.9. The van der Waals surface area contributed by atoms with Crippen LogP contribution in [0.3, 0.4) is 0 Å². The van der Waals surface area contributed by atoms with E-state index in [-0.39, 0.29) is 12.0 Å². The summed E-state index contributed by atoms with van der Waals surface area (Å²) in [5.74, 6) is 1.06. The molecule has 0 N–H and O–H groups in total. The molecule has 2 heterocycles. The van der Waals surface area contributed by atoms with E-state index in [1.54, 1.807) is 0 Å². The second-order valence-corrected chi connectivity index (χ2v) is 15.9. The first-order valence-corrected chi connectivity index (χ1v) is 20.7. The molecule has 0 saturated carbocycles. The van der Waals surface area contributed by atoms with Crippen LogP contribution in [0.2, 0.25) is 0 Å². The first-order chi connectivity index (χ1) is 29.7. The maximum absolute atomic E-state index is 6.87. The summed E-state index contributed by atoms with van der Waals surface area (Å²) in [7, 11) is 0.